The van der Waals surface area contributed by atoms with Gasteiger partial charge >= 0.3 is 11.2 Å². The lowest BCUT2D eigenvalue weighted by Gasteiger charge is -2.42. The van der Waals surface area contributed by atoms with E-state index in [1.807, 2.05) is 11.1 Å². The van der Waals surface area contributed by atoms with Crippen molar-refractivity contribution < 1.29 is 27.4 Å². The first-order valence-corrected chi connectivity index (χ1v) is 16.6. The average molecular weight is 666 g/mol. The van der Waals surface area contributed by atoms with Crippen molar-refractivity contribution in [3.63, 3.8) is 0 Å². The molecule has 2 atom stereocenters. The summed E-state index contributed by atoms with van der Waals surface area (Å²) in [5, 5.41) is 14.7. The predicted molar refractivity (Wildman–Crippen MR) is 168 cm³/mol. The Hall–Kier alpha value is -4.42. The van der Waals surface area contributed by atoms with Crippen LogP contribution in [0.3, 0.4) is 0 Å². The smallest absolute Gasteiger partial charge is 0.345 e. The number of benzene rings is 1. The fourth-order valence-electron chi connectivity index (χ4n) is 8.10. The number of nitrogen functional groups attached to an aromatic ring is 1. The Bertz CT molecular complexity index is 2090. The number of nitriles is 1. The van der Waals surface area contributed by atoms with Gasteiger partial charge in [-0.15, -0.1) is 16.0 Å². The third-order valence-corrected chi connectivity index (χ3v) is 11.5. The topological polar surface area (TPSA) is 133 Å². The molecule has 0 unspecified atom stereocenters. The van der Waals surface area contributed by atoms with Crippen molar-refractivity contribution in [3.8, 4) is 23.1 Å². The molecule has 3 aliphatic heterocycles. The highest BCUT2D eigenvalue weighted by molar-refractivity contribution is 7.23. The van der Waals surface area contributed by atoms with E-state index in [1.54, 1.807) is 17.9 Å². The van der Waals surface area contributed by atoms with Crippen LogP contribution in [0, 0.1) is 28.9 Å². The number of ether oxygens (including phenoxy) is 1. The number of thiophene rings is 1. The van der Waals surface area contributed by atoms with Crippen molar-refractivity contribution in [2.45, 2.75) is 56.4 Å². The number of rotatable bonds is 6. The second-order valence-electron chi connectivity index (χ2n) is 13.0. The second-order valence-corrected chi connectivity index (χ2v) is 14.0. The highest BCUT2D eigenvalue weighted by Gasteiger charge is 2.50. The van der Waals surface area contributed by atoms with Gasteiger partial charge in [-0.05, 0) is 38.3 Å². The highest BCUT2D eigenvalue weighted by Crippen LogP contribution is 2.43. The summed E-state index contributed by atoms with van der Waals surface area (Å²) in [6.45, 7) is 1.88. The molecule has 0 radical (unpaired) electrons. The van der Waals surface area contributed by atoms with Crippen molar-refractivity contribution >= 4 is 43.5 Å². The van der Waals surface area contributed by atoms with Crippen LogP contribution in [-0.2, 0) is 11.3 Å². The maximum Gasteiger partial charge on any atom is 0.345 e. The molecule has 4 aromatic rings. The number of nitrogens with two attached hydrogens (primary N) is 1. The van der Waals surface area contributed by atoms with Crippen LogP contribution in [0.1, 0.15) is 37.7 Å². The number of hydrogen-bond donors (Lipinski definition) is 2. The Kier molecular flexibility index (Phi) is 6.89. The number of amides is 1. The van der Waals surface area contributed by atoms with Gasteiger partial charge in [-0.3, -0.25) is 9.69 Å². The molecule has 1 saturated carbocycles. The van der Waals surface area contributed by atoms with Crippen molar-refractivity contribution in [2.24, 2.45) is 5.92 Å². The van der Waals surface area contributed by atoms with Crippen molar-refractivity contribution in [2.75, 3.05) is 44.0 Å². The molecule has 15 heteroatoms. The molecule has 4 aliphatic rings. The molecule has 1 aliphatic carbocycles. The Morgan fingerprint density at radius 3 is 2.87 bits per heavy atom. The van der Waals surface area contributed by atoms with Crippen LogP contribution in [0.5, 0.6) is 5.88 Å². The van der Waals surface area contributed by atoms with Crippen LogP contribution in [0.4, 0.5) is 18.2 Å². The van der Waals surface area contributed by atoms with Gasteiger partial charge in [0.05, 0.1) is 28.4 Å². The van der Waals surface area contributed by atoms with Gasteiger partial charge in [-0.2, -0.15) is 14.8 Å². The second kappa shape index (κ2) is 10.8. The molecule has 3 N–H and O–H groups in total. The minimum atomic E-state index is -0.951. The Balaban J connectivity index is 1.30. The Morgan fingerprint density at radius 1 is 1.30 bits per heavy atom. The van der Waals surface area contributed by atoms with E-state index in [0.29, 0.717) is 32.4 Å². The van der Waals surface area contributed by atoms with Gasteiger partial charge in [0.25, 0.3) is 5.88 Å². The van der Waals surface area contributed by atoms with Crippen molar-refractivity contribution in [1.82, 2.24) is 19.8 Å². The molecular formula is C32H32F3N8O3S+. The zero-order chi connectivity index (χ0) is 32.8. The van der Waals surface area contributed by atoms with E-state index in [9.17, 15) is 23.6 Å². The number of pyridine rings is 1. The van der Waals surface area contributed by atoms with Gasteiger partial charge in [0, 0.05) is 36.9 Å². The fraction of sp³-hybridized carbons (Fsp3) is 0.469. The Morgan fingerprint density at radius 2 is 2.11 bits per heavy atom. The quantitative estimate of drug-likeness (QED) is 0.301. The number of hydrogen-bond acceptors (Lipinski definition) is 9. The number of fused-ring (bicyclic) bond motifs is 2. The van der Waals surface area contributed by atoms with Gasteiger partial charge in [0.15, 0.2) is 17.5 Å². The zero-order valence-electron chi connectivity index (χ0n) is 25.6. The van der Waals surface area contributed by atoms with Gasteiger partial charge in [0.1, 0.15) is 41.8 Å². The lowest BCUT2D eigenvalue weighted by molar-refractivity contribution is -0.681. The van der Waals surface area contributed by atoms with Gasteiger partial charge in [-0.1, -0.05) is 6.07 Å². The summed E-state index contributed by atoms with van der Waals surface area (Å²) in [6.07, 6.45) is 3.89. The maximum absolute atomic E-state index is 17.0. The summed E-state index contributed by atoms with van der Waals surface area (Å²) in [5.74, 6) is -1.67. The number of anilines is 1. The van der Waals surface area contributed by atoms with Gasteiger partial charge < -0.3 is 15.8 Å². The molecular weight excluding hydrogens is 633 g/mol. The molecule has 3 aromatic heterocycles. The number of halogens is 3. The third-order valence-electron chi connectivity index (χ3n) is 10.5. The summed E-state index contributed by atoms with van der Waals surface area (Å²) in [5.41, 5.74) is 4.67. The maximum atomic E-state index is 17.0. The first kappa shape index (κ1) is 29.9. The van der Waals surface area contributed by atoms with Gasteiger partial charge in [-0.25, -0.2) is 23.0 Å². The van der Waals surface area contributed by atoms with E-state index in [-0.39, 0.29) is 79.8 Å². The molecule has 244 valence electrons. The van der Waals surface area contributed by atoms with Crippen LogP contribution in [0.2, 0.25) is 0 Å². The zero-order valence-corrected chi connectivity index (χ0v) is 26.4. The molecule has 0 bridgehead atoms. The van der Waals surface area contributed by atoms with E-state index in [4.69, 9.17) is 10.5 Å². The Labute approximate surface area is 270 Å². The molecule has 8 rings (SSSR count). The summed E-state index contributed by atoms with van der Waals surface area (Å²) < 4.78 is 55.8. The van der Waals surface area contributed by atoms with E-state index < -0.39 is 28.9 Å². The molecule has 0 spiro atoms. The normalized spacial score (nSPS) is 25.2. The lowest BCUT2D eigenvalue weighted by Crippen LogP contribution is -2.70. The number of carbonyl (C=O) groups is 1. The summed E-state index contributed by atoms with van der Waals surface area (Å²) in [4.78, 5) is 33.1. The van der Waals surface area contributed by atoms with E-state index in [1.165, 1.54) is 10.6 Å². The van der Waals surface area contributed by atoms with E-state index in [0.717, 1.165) is 36.8 Å². The van der Waals surface area contributed by atoms with Crippen molar-refractivity contribution in [3.05, 3.63) is 45.9 Å². The van der Waals surface area contributed by atoms with Crippen LogP contribution >= 0.6 is 11.3 Å². The van der Waals surface area contributed by atoms with E-state index in [2.05, 4.69) is 15.2 Å². The fourth-order valence-corrected chi connectivity index (χ4v) is 9.04. The van der Waals surface area contributed by atoms with Crippen LogP contribution in [-0.4, -0.2) is 71.4 Å². The molecule has 6 heterocycles. The molecule has 1 amide bonds. The first-order valence-electron chi connectivity index (χ1n) is 15.7. The molecule has 1 aromatic carbocycles. The largest absolute Gasteiger partial charge is 0.473 e. The summed E-state index contributed by atoms with van der Waals surface area (Å²) >= 11 is 0.865. The number of carbonyl (C=O) groups excluding carboxylic acids is 1. The lowest BCUT2D eigenvalue weighted by atomic mass is 9.79. The number of nitrogens with one attached hydrogen (secondary N) is 1. The first-order chi connectivity index (χ1) is 22.6. The molecule has 2 saturated heterocycles. The standard InChI is InChI=1S/C32H31F3N8O3S/c1-38-29(44)16-9-18(10-16)42-8-7-41-30-26(39-22(14-43(30)42)46-15-32-5-2-6-40(32)13-17(33)11-32)25(35)24(31(41)45)19-3-4-21(34)27-23(19)20(12-36)28(37)47-27/h3-4,14,16-18H,2,5-11,13,15H2,1H3,(H2-,37,38,39,44)/p+1/t16?,17-,18?,32+/m1/s1. The average Bonchev–Trinajstić information content (AvgIpc) is 3.68. The minimum absolute atomic E-state index is 0.0259. The van der Waals surface area contributed by atoms with Crippen LogP contribution in [0.15, 0.2) is 23.1 Å². The number of aromatic nitrogens is 3. The summed E-state index contributed by atoms with van der Waals surface area (Å²) in [7, 11) is 1.60. The van der Waals surface area contributed by atoms with Crippen molar-refractivity contribution in [1.29, 1.82) is 5.26 Å². The van der Waals surface area contributed by atoms with Gasteiger partial charge in [0.2, 0.25) is 5.91 Å². The number of alkyl halides is 1. The monoisotopic (exact) mass is 665 g/mol. The summed E-state index contributed by atoms with van der Waals surface area (Å²) in [6, 6.07) is 4.36. The number of nitrogens with zero attached hydrogens (tertiary/aromatic N) is 6. The molecule has 11 nitrogen and oxygen atoms in total. The van der Waals surface area contributed by atoms with Crippen LogP contribution < -0.4 is 31.0 Å². The SMILES string of the molecule is CNC(=O)C1CC(N2CCn3c(=O)c(-c4ccc(F)c5sc(N)c(C#N)c45)c(F)c4nc(OC[C@@]56CCCN5C[C@H](F)C6)c[n+]2c43)C1. The third kappa shape index (κ3) is 4.41. The van der Waals surface area contributed by atoms with E-state index >= 15 is 4.39 Å². The molecule has 3 fully saturated rings. The predicted octanol–water partition coefficient (Wildman–Crippen LogP) is 2.73. The molecule has 47 heavy (non-hydrogen) atoms. The minimum Gasteiger partial charge on any atom is -0.473 e. The van der Waals surface area contributed by atoms with Crippen LogP contribution in [0.25, 0.3) is 32.4 Å². The highest BCUT2D eigenvalue weighted by atomic mass is 32.1.